The standard InChI is InChI=1S/C30H26N2O2S2/c1-15-11-19(35)12-16(2)27(15)31-23-9-10-24(32-28-17(3)13-20(36)14-18(28)4)26-25(23)29(33)21-7-5-6-8-22(21)30(26)34/h5-14,31-32,35-36H,1-4H3. The van der Waals surface area contributed by atoms with E-state index in [1.807, 2.05) is 64.1 Å². The molecule has 0 atom stereocenters. The number of ketones is 2. The van der Waals surface area contributed by atoms with E-state index >= 15 is 0 Å². The highest BCUT2D eigenvalue weighted by Crippen LogP contribution is 2.40. The minimum atomic E-state index is -0.174. The molecule has 4 nitrogen and oxygen atoms in total. The van der Waals surface area contributed by atoms with Gasteiger partial charge in [-0.1, -0.05) is 24.3 Å². The molecule has 2 N–H and O–H groups in total. The number of hydrogen-bond donors (Lipinski definition) is 4. The number of aryl methyl sites for hydroxylation is 4. The summed E-state index contributed by atoms with van der Waals surface area (Å²) in [5.41, 5.74) is 8.58. The molecule has 0 bridgehead atoms. The Morgan fingerprint density at radius 3 is 1.22 bits per heavy atom. The number of rotatable bonds is 4. The summed E-state index contributed by atoms with van der Waals surface area (Å²) in [6.07, 6.45) is 0. The first-order valence-electron chi connectivity index (χ1n) is 11.7. The molecule has 0 saturated carbocycles. The summed E-state index contributed by atoms with van der Waals surface area (Å²) in [6.45, 7) is 7.99. The van der Waals surface area contributed by atoms with E-state index in [0.717, 1.165) is 43.4 Å². The molecule has 0 spiro atoms. The number of anilines is 4. The number of benzene rings is 4. The third kappa shape index (κ3) is 4.10. The molecule has 0 saturated heterocycles. The molecule has 0 amide bonds. The zero-order chi connectivity index (χ0) is 25.7. The van der Waals surface area contributed by atoms with Gasteiger partial charge in [0.1, 0.15) is 0 Å². The Labute approximate surface area is 222 Å². The van der Waals surface area contributed by atoms with Gasteiger partial charge in [-0.05, 0) is 86.3 Å². The first-order chi connectivity index (χ1) is 17.2. The molecule has 0 radical (unpaired) electrons. The van der Waals surface area contributed by atoms with Gasteiger partial charge in [0.05, 0.1) is 22.5 Å². The largest absolute Gasteiger partial charge is 0.354 e. The first-order valence-corrected chi connectivity index (χ1v) is 12.5. The van der Waals surface area contributed by atoms with Gasteiger partial charge in [-0.25, -0.2) is 0 Å². The summed E-state index contributed by atoms with van der Waals surface area (Å²) in [5, 5.41) is 6.91. The summed E-state index contributed by atoms with van der Waals surface area (Å²) < 4.78 is 0. The first kappa shape index (κ1) is 24.2. The molecule has 0 heterocycles. The van der Waals surface area contributed by atoms with Crippen molar-refractivity contribution in [1.29, 1.82) is 0 Å². The van der Waals surface area contributed by atoms with Gasteiger partial charge in [-0.15, -0.1) is 25.3 Å². The summed E-state index contributed by atoms with van der Waals surface area (Å²) >= 11 is 8.96. The van der Waals surface area contributed by atoms with E-state index < -0.39 is 0 Å². The highest BCUT2D eigenvalue weighted by atomic mass is 32.1. The maximum absolute atomic E-state index is 13.8. The smallest absolute Gasteiger partial charge is 0.196 e. The van der Waals surface area contributed by atoms with Crippen LogP contribution >= 0.6 is 25.3 Å². The summed E-state index contributed by atoms with van der Waals surface area (Å²) in [5.74, 6) is -0.349. The van der Waals surface area contributed by atoms with Crippen LogP contribution in [0.15, 0.2) is 70.5 Å². The van der Waals surface area contributed by atoms with Crippen molar-refractivity contribution in [3.8, 4) is 0 Å². The fourth-order valence-electron chi connectivity index (χ4n) is 4.98. The lowest BCUT2D eigenvalue weighted by Gasteiger charge is -2.25. The molecule has 4 aromatic rings. The third-order valence-electron chi connectivity index (χ3n) is 6.63. The lowest BCUT2D eigenvalue weighted by atomic mass is 9.82. The van der Waals surface area contributed by atoms with E-state index in [2.05, 4.69) is 35.9 Å². The van der Waals surface area contributed by atoms with Crippen LogP contribution in [0.4, 0.5) is 22.7 Å². The molecule has 6 heteroatoms. The predicted molar refractivity (Wildman–Crippen MR) is 153 cm³/mol. The van der Waals surface area contributed by atoms with Crippen molar-refractivity contribution in [2.75, 3.05) is 10.6 Å². The van der Waals surface area contributed by atoms with Crippen LogP contribution in [0.1, 0.15) is 54.1 Å². The quantitative estimate of drug-likeness (QED) is 0.187. The second kappa shape index (κ2) is 9.19. The molecule has 5 rings (SSSR count). The van der Waals surface area contributed by atoms with Crippen molar-refractivity contribution in [3.63, 3.8) is 0 Å². The van der Waals surface area contributed by atoms with Crippen LogP contribution in [0.2, 0.25) is 0 Å². The Balaban J connectivity index is 1.71. The molecule has 0 fully saturated rings. The van der Waals surface area contributed by atoms with Gasteiger partial charge < -0.3 is 10.6 Å². The number of carbonyl (C=O) groups excluding carboxylic acids is 2. The van der Waals surface area contributed by atoms with Crippen molar-refractivity contribution >= 4 is 59.6 Å². The second-order valence-electron chi connectivity index (χ2n) is 9.27. The second-order valence-corrected chi connectivity index (χ2v) is 10.3. The van der Waals surface area contributed by atoms with Crippen molar-refractivity contribution in [2.24, 2.45) is 0 Å². The van der Waals surface area contributed by atoms with Crippen LogP contribution in [0, 0.1) is 27.7 Å². The summed E-state index contributed by atoms with van der Waals surface area (Å²) in [6, 6.07) is 18.6. The van der Waals surface area contributed by atoms with E-state index in [-0.39, 0.29) is 11.6 Å². The van der Waals surface area contributed by atoms with Crippen LogP contribution in [-0.4, -0.2) is 11.6 Å². The molecule has 180 valence electrons. The minimum absolute atomic E-state index is 0.174. The van der Waals surface area contributed by atoms with Gasteiger partial charge in [0.15, 0.2) is 11.6 Å². The fraction of sp³-hybridized carbons (Fsp3) is 0.133. The van der Waals surface area contributed by atoms with Gasteiger partial charge in [-0.2, -0.15) is 0 Å². The van der Waals surface area contributed by atoms with Crippen LogP contribution in [0.25, 0.3) is 0 Å². The van der Waals surface area contributed by atoms with Gasteiger partial charge >= 0.3 is 0 Å². The van der Waals surface area contributed by atoms with Gasteiger partial charge in [0.25, 0.3) is 0 Å². The van der Waals surface area contributed by atoms with Crippen LogP contribution < -0.4 is 10.6 Å². The summed E-state index contributed by atoms with van der Waals surface area (Å²) in [7, 11) is 0. The van der Waals surface area contributed by atoms with Crippen molar-refractivity contribution in [3.05, 3.63) is 105 Å². The van der Waals surface area contributed by atoms with E-state index in [1.165, 1.54) is 0 Å². The topological polar surface area (TPSA) is 58.2 Å². The molecule has 1 aliphatic rings. The van der Waals surface area contributed by atoms with Crippen LogP contribution in [0.3, 0.4) is 0 Å². The van der Waals surface area contributed by atoms with E-state index in [4.69, 9.17) is 0 Å². The monoisotopic (exact) mass is 510 g/mol. The zero-order valence-corrected chi connectivity index (χ0v) is 22.3. The predicted octanol–water partition coefficient (Wildman–Crippen LogP) is 7.76. The number of hydrogen-bond acceptors (Lipinski definition) is 6. The van der Waals surface area contributed by atoms with Crippen molar-refractivity contribution < 1.29 is 9.59 Å². The van der Waals surface area contributed by atoms with Crippen LogP contribution in [-0.2, 0) is 0 Å². The lowest BCUT2D eigenvalue weighted by Crippen LogP contribution is -2.23. The van der Waals surface area contributed by atoms with Crippen LogP contribution in [0.5, 0.6) is 0 Å². The fourth-order valence-corrected chi connectivity index (χ4v) is 5.75. The maximum Gasteiger partial charge on any atom is 0.196 e. The molecule has 36 heavy (non-hydrogen) atoms. The van der Waals surface area contributed by atoms with Gasteiger partial charge in [0, 0.05) is 32.3 Å². The average molecular weight is 511 g/mol. The van der Waals surface area contributed by atoms with E-state index in [9.17, 15) is 9.59 Å². The Bertz CT molecular complexity index is 1430. The maximum atomic E-state index is 13.8. The Morgan fingerprint density at radius 2 is 0.889 bits per heavy atom. The highest BCUT2D eigenvalue weighted by molar-refractivity contribution is 7.80. The van der Waals surface area contributed by atoms with Crippen molar-refractivity contribution in [1.82, 2.24) is 0 Å². The number of fused-ring (bicyclic) bond motifs is 2. The van der Waals surface area contributed by atoms with Gasteiger partial charge in [0.2, 0.25) is 0 Å². The molecule has 1 aliphatic carbocycles. The number of carbonyl (C=O) groups is 2. The summed E-state index contributed by atoms with van der Waals surface area (Å²) in [4.78, 5) is 29.4. The Morgan fingerprint density at radius 1 is 0.556 bits per heavy atom. The molecular formula is C30H26N2O2S2. The molecular weight excluding hydrogens is 484 g/mol. The number of nitrogens with one attached hydrogen (secondary N) is 2. The normalized spacial score (nSPS) is 12.3. The van der Waals surface area contributed by atoms with E-state index in [1.54, 1.807) is 24.3 Å². The molecule has 0 aliphatic heterocycles. The average Bonchev–Trinajstić information content (AvgIpc) is 2.82. The number of thiol groups is 2. The molecule has 4 aromatic carbocycles. The zero-order valence-electron chi connectivity index (χ0n) is 20.5. The van der Waals surface area contributed by atoms with Gasteiger partial charge in [-0.3, -0.25) is 9.59 Å². The minimum Gasteiger partial charge on any atom is -0.354 e. The SMILES string of the molecule is Cc1cc(S)cc(C)c1Nc1ccc(Nc2c(C)cc(S)cc2C)c2c1C(=O)c1ccccc1C2=O. The van der Waals surface area contributed by atoms with E-state index in [0.29, 0.717) is 33.6 Å². The Kier molecular flexibility index (Phi) is 6.18. The molecule has 0 aromatic heterocycles. The highest BCUT2D eigenvalue weighted by Gasteiger charge is 2.34. The van der Waals surface area contributed by atoms with Crippen molar-refractivity contribution in [2.45, 2.75) is 37.5 Å². The molecule has 0 unspecified atom stereocenters. The lowest BCUT2D eigenvalue weighted by molar-refractivity contribution is 0.0980. The Hall–Kier alpha value is -3.48. The third-order valence-corrected chi connectivity index (χ3v) is 7.15.